The number of aryl methyl sites for hydroxylation is 2. The smallest absolute Gasteiger partial charge is 0.325 e. The number of hydrogen-bond acceptors (Lipinski definition) is 5. The number of carbonyl (C=O) groups excluding carboxylic acids is 1. The number of rotatable bonds is 5. The molecule has 0 bridgehead atoms. The summed E-state index contributed by atoms with van der Waals surface area (Å²) in [5, 5.41) is 8.08. The summed E-state index contributed by atoms with van der Waals surface area (Å²) in [6.45, 7) is 0. The van der Waals surface area contributed by atoms with Crippen LogP contribution in [0.1, 0.15) is 24.0 Å². The molecule has 29 heavy (non-hydrogen) atoms. The fourth-order valence-electron chi connectivity index (χ4n) is 3.59. The van der Waals surface area contributed by atoms with E-state index in [9.17, 15) is 4.79 Å². The number of anilines is 2. The van der Waals surface area contributed by atoms with Gasteiger partial charge in [0.2, 0.25) is 0 Å². The number of urea groups is 1. The zero-order valence-corrected chi connectivity index (χ0v) is 17.3. The van der Waals surface area contributed by atoms with Gasteiger partial charge in [0.05, 0.1) is 25.6 Å². The normalized spacial score (nSPS) is 12.8. The van der Waals surface area contributed by atoms with Crippen LogP contribution in [0.3, 0.4) is 0 Å². The molecule has 1 aromatic heterocycles. The van der Waals surface area contributed by atoms with E-state index in [1.807, 2.05) is 5.38 Å². The Bertz CT molecular complexity index is 1030. The molecule has 2 aromatic carbocycles. The number of thiazole rings is 1. The third kappa shape index (κ3) is 4.19. The largest absolute Gasteiger partial charge is 0.493 e. The minimum atomic E-state index is -0.386. The monoisotopic (exact) mass is 409 g/mol. The Labute approximate surface area is 173 Å². The highest BCUT2D eigenvalue weighted by Crippen LogP contribution is 2.35. The molecule has 7 heteroatoms. The van der Waals surface area contributed by atoms with Crippen molar-refractivity contribution in [2.75, 3.05) is 24.9 Å². The molecule has 4 rings (SSSR count). The molecule has 0 spiro atoms. The lowest BCUT2D eigenvalue weighted by Gasteiger charge is -2.16. The Morgan fingerprint density at radius 3 is 2.66 bits per heavy atom. The summed E-state index contributed by atoms with van der Waals surface area (Å²) in [6, 6.07) is 11.5. The van der Waals surface area contributed by atoms with Gasteiger partial charge in [0.15, 0.2) is 16.6 Å². The van der Waals surface area contributed by atoms with Crippen LogP contribution >= 0.6 is 11.3 Å². The zero-order valence-electron chi connectivity index (χ0n) is 16.5. The maximum absolute atomic E-state index is 12.4. The average Bonchev–Trinajstić information content (AvgIpc) is 3.21. The van der Waals surface area contributed by atoms with Crippen molar-refractivity contribution in [1.82, 2.24) is 4.98 Å². The summed E-state index contributed by atoms with van der Waals surface area (Å²) in [5.74, 6) is 1.02. The first-order valence-electron chi connectivity index (χ1n) is 9.54. The first-order valence-corrected chi connectivity index (χ1v) is 10.4. The number of nitrogens with one attached hydrogen (secondary N) is 2. The zero-order chi connectivity index (χ0) is 20.2. The lowest BCUT2D eigenvalue weighted by Crippen LogP contribution is -2.19. The molecule has 2 N–H and O–H groups in total. The lowest BCUT2D eigenvalue weighted by atomic mass is 9.90. The van der Waals surface area contributed by atoms with Crippen LogP contribution in [0.4, 0.5) is 15.6 Å². The van der Waals surface area contributed by atoms with Gasteiger partial charge in [0, 0.05) is 10.9 Å². The summed E-state index contributed by atoms with van der Waals surface area (Å²) in [4.78, 5) is 17.0. The third-order valence-corrected chi connectivity index (χ3v) is 5.78. The molecule has 0 atom stereocenters. The fourth-order valence-corrected chi connectivity index (χ4v) is 4.31. The van der Waals surface area contributed by atoms with Gasteiger partial charge in [-0.05, 0) is 55.0 Å². The molecule has 1 heterocycles. The van der Waals surface area contributed by atoms with Crippen molar-refractivity contribution in [3.63, 3.8) is 0 Å². The van der Waals surface area contributed by atoms with Gasteiger partial charge in [-0.3, -0.25) is 5.32 Å². The van der Waals surface area contributed by atoms with Gasteiger partial charge in [-0.1, -0.05) is 18.2 Å². The Kier molecular flexibility index (Phi) is 5.67. The Hall–Kier alpha value is -3.06. The predicted octanol–water partition coefficient (Wildman–Crippen LogP) is 5.35. The molecule has 0 radical (unpaired) electrons. The Balaban J connectivity index is 1.46. The quantitative estimate of drug-likeness (QED) is 0.596. The highest BCUT2D eigenvalue weighted by molar-refractivity contribution is 7.14. The second kappa shape index (κ2) is 8.53. The summed E-state index contributed by atoms with van der Waals surface area (Å²) in [6.07, 6.45) is 4.80. The summed E-state index contributed by atoms with van der Waals surface area (Å²) in [7, 11) is 3.09. The van der Waals surface area contributed by atoms with Crippen LogP contribution in [0.2, 0.25) is 0 Å². The highest BCUT2D eigenvalue weighted by atomic mass is 32.1. The number of hydrogen-bond donors (Lipinski definition) is 2. The van der Waals surface area contributed by atoms with Crippen LogP contribution in [-0.2, 0) is 12.8 Å². The number of aromatic nitrogens is 1. The number of para-hydroxylation sites is 1. The van der Waals surface area contributed by atoms with Gasteiger partial charge in [-0.2, -0.15) is 0 Å². The molecule has 3 aromatic rings. The second-order valence-corrected chi connectivity index (χ2v) is 7.71. The molecular weight excluding hydrogens is 386 g/mol. The molecule has 6 nitrogen and oxygen atoms in total. The Morgan fingerprint density at radius 2 is 1.86 bits per heavy atom. The summed E-state index contributed by atoms with van der Waals surface area (Å²) >= 11 is 1.40. The van der Waals surface area contributed by atoms with Crippen LogP contribution in [0.15, 0.2) is 41.8 Å². The van der Waals surface area contributed by atoms with Crippen LogP contribution in [0, 0.1) is 0 Å². The third-order valence-electron chi connectivity index (χ3n) is 5.02. The topological polar surface area (TPSA) is 72.5 Å². The van der Waals surface area contributed by atoms with E-state index < -0.39 is 0 Å². The molecule has 150 valence electrons. The molecule has 0 fully saturated rings. The van der Waals surface area contributed by atoms with E-state index in [1.165, 1.54) is 42.4 Å². The molecule has 0 saturated carbocycles. The van der Waals surface area contributed by atoms with Crippen molar-refractivity contribution in [2.45, 2.75) is 25.7 Å². The number of methoxy groups -OCH3 is 2. The molecule has 2 amide bonds. The molecular formula is C22H23N3O3S. The van der Waals surface area contributed by atoms with E-state index in [0.717, 1.165) is 24.1 Å². The van der Waals surface area contributed by atoms with E-state index in [0.29, 0.717) is 22.3 Å². The van der Waals surface area contributed by atoms with Gasteiger partial charge in [0.25, 0.3) is 0 Å². The fraction of sp³-hybridized carbons (Fsp3) is 0.273. The minimum Gasteiger partial charge on any atom is -0.493 e. The number of carbonyl (C=O) groups is 1. The van der Waals surface area contributed by atoms with Crippen molar-refractivity contribution in [3.05, 3.63) is 52.9 Å². The first-order chi connectivity index (χ1) is 14.2. The van der Waals surface area contributed by atoms with E-state index in [4.69, 9.17) is 9.47 Å². The lowest BCUT2D eigenvalue weighted by molar-refractivity contribution is 0.262. The minimum absolute atomic E-state index is 0.386. The number of fused-ring (bicyclic) bond motifs is 1. The highest BCUT2D eigenvalue weighted by Gasteiger charge is 2.15. The molecule has 1 aliphatic carbocycles. The van der Waals surface area contributed by atoms with Crippen molar-refractivity contribution in [3.8, 4) is 22.8 Å². The van der Waals surface area contributed by atoms with Crippen LogP contribution in [0.5, 0.6) is 11.5 Å². The van der Waals surface area contributed by atoms with E-state index in [-0.39, 0.29) is 6.03 Å². The number of benzene rings is 2. The van der Waals surface area contributed by atoms with Crippen LogP contribution in [0.25, 0.3) is 11.3 Å². The summed E-state index contributed by atoms with van der Waals surface area (Å²) < 4.78 is 10.6. The summed E-state index contributed by atoms with van der Waals surface area (Å²) in [5.41, 5.74) is 5.34. The predicted molar refractivity (Wildman–Crippen MR) is 116 cm³/mol. The molecule has 0 saturated heterocycles. The van der Waals surface area contributed by atoms with Gasteiger partial charge in [-0.15, -0.1) is 11.3 Å². The average molecular weight is 410 g/mol. The standard InChI is InChI=1S/C22H23N3O3S/c1-27-19-9-5-8-17(20(19)28-2)23-21(26)25-22-24-18(13-29-22)16-11-10-14-6-3-4-7-15(14)12-16/h5,8-13H,3-4,6-7H2,1-2H3,(H2,23,24,25,26). The van der Waals surface area contributed by atoms with Crippen molar-refractivity contribution in [2.24, 2.45) is 0 Å². The number of ether oxygens (including phenoxy) is 2. The maximum atomic E-state index is 12.4. The van der Waals surface area contributed by atoms with Crippen LogP contribution < -0.4 is 20.1 Å². The second-order valence-electron chi connectivity index (χ2n) is 6.85. The van der Waals surface area contributed by atoms with E-state index >= 15 is 0 Å². The number of amides is 2. The molecule has 1 aliphatic rings. The molecule has 0 unspecified atom stereocenters. The van der Waals surface area contributed by atoms with Crippen LogP contribution in [-0.4, -0.2) is 25.2 Å². The SMILES string of the molecule is COc1cccc(NC(=O)Nc2nc(-c3ccc4c(c3)CCCC4)cs2)c1OC. The van der Waals surface area contributed by atoms with Crippen molar-refractivity contribution in [1.29, 1.82) is 0 Å². The Morgan fingerprint density at radius 1 is 1.03 bits per heavy atom. The van der Waals surface area contributed by atoms with Gasteiger partial charge in [-0.25, -0.2) is 9.78 Å². The van der Waals surface area contributed by atoms with Gasteiger partial charge in [0.1, 0.15) is 0 Å². The van der Waals surface area contributed by atoms with Crippen molar-refractivity contribution < 1.29 is 14.3 Å². The van der Waals surface area contributed by atoms with Gasteiger partial charge < -0.3 is 14.8 Å². The van der Waals surface area contributed by atoms with E-state index in [1.54, 1.807) is 25.3 Å². The van der Waals surface area contributed by atoms with Gasteiger partial charge >= 0.3 is 6.03 Å². The van der Waals surface area contributed by atoms with E-state index in [2.05, 4.69) is 33.8 Å². The maximum Gasteiger partial charge on any atom is 0.325 e. The van der Waals surface area contributed by atoms with Crippen molar-refractivity contribution >= 4 is 28.2 Å². The number of nitrogens with zero attached hydrogens (tertiary/aromatic N) is 1. The first kappa shape index (κ1) is 19.3. The molecule has 0 aliphatic heterocycles.